The number of rotatable bonds is 2. The molecule has 0 heterocycles. The molecule has 0 aromatic heterocycles. The number of benzene rings is 1. The molecular weight excluding hydrogens is 206 g/mol. The highest BCUT2D eigenvalue weighted by molar-refractivity contribution is 6.31. The minimum atomic E-state index is 0.126. The summed E-state index contributed by atoms with van der Waals surface area (Å²) in [7, 11) is 0. The molecule has 0 spiro atoms. The van der Waals surface area contributed by atoms with E-state index in [9.17, 15) is 0 Å². The van der Waals surface area contributed by atoms with Crippen LogP contribution in [-0.4, -0.2) is 0 Å². The highest BCUT2D eigenvalue weighted by Crippen LogP contribution is 2.36. The Hall–Kier alpha value is -0.530. The Morgan fingerprint density at radius 1 is 1.33 bits per heavy atom. The number of aryl methyl sites for hydroxylation is 1. The topological polar surface area (TPSA) is 26.0 Å². The lowest BCUT2D eigenvalue weighted by Gasteiger charge is -2.20. The van der Waals surface area contributed by atoms with Crippen molar-refractivity contribution >= 4 is 11.6 Å². The second kappa shape index (κ2) is 4.54. The zero-order valence-corrected chi connectivity index (χ0v) is 9.93. The van der Waals surface area contributed by atoms with Gasteiger partial charge in [0.1, 0.15) is 0 Å². The van der Waals surface area contributed by atoms with E-state index in [1.165, 1.54) is 31.2 Å². The summed E-state index contributed by atoms with van der Waals surface area (Å²) in [5.74, 6) is 0.630. The first-order chi connectivity index (χ1) is 7.18. The van der Waals surface area contributed by atoms with E-state index in [2.05, 4.69) is 19.1 Å². The molecule has 2 heteroatoms. The smallest absolute Gasteiger partial charge is 0.0456 e. The molecule has 0 saturated heterocycles. The van der Waals surface area contributed by atoms with Crippen molar-refractivity contribution in [1.82, 2.24) is 0 Å². The summed E-state index contributed by atoms with van der Waals surface area (Å²) in [6.07, 6.45) is 5.15. The van der Waals surface area contributed by atoms with Crippen LogP contribution in [0.3, 0.4) is 0 Å². The molecule has 0 amide bonds. The minimum absolute atomic E-state index is 0.126. The molecule has 1 aromatic rings. The van der Waals surface area contributed by atoms with Crippen LogP contribution in [0, 0.1) is 12.8 Å². The van der Waals surface area contributed by atoms with Crippen molar-refractivity contribution in [3.63, 3.8) is 0 Å². The van der Waals surface area contributed by atoms with Crippen molar-refractivity contribution in [3.05, 3.63) is 34.3 Å². The average molecular weight is 224 g/mol. The fraction of sp³-hybridized carbons (Fsp3) is 0.538. The van der Waals surface area contributed by atoms with Crippen LogP contribution in [0.2, 0.25) is 5.02 Å². The van der Waals surface area contributed by atoms with Crippen LogP contribution >= 0.6 is 11.6 Å². The van der Waals surface area contributed by atoms with Crippen LogP contribution in [0.1, 0.15) is 42.9 Å². The van der Waals surface area contributed by atoms with Crippen molar-refractivity contribution < 1.29 is 0 Å². The lowest BCUT2D eigenvalue weighted by Crippen LogP contribution is -2.19. The Balaban J connectivity index is 2.20. The largest absolute Gasteiger partial charge is 0.324 e. The Morgan fingerprint density at radius 3 is 2.60 bits per heavy atom. The molecule has 1 atom stereocenters. The zero-order valence-electron chi connectivity index (χ0n) is 9.17. The Kier molecular flexibility index (Phi) is 3.32. The van der Waals surface area contributed by atoms with Gasteiger partial charge in [-0.3, -0.25) is 0 Å². The van der Waals surface area contributed by atoms with Gasteiger partial charge in [-0.2, -0.15) is 0 Å². The third-order valence-electron chi connectivity index (χ3n) is 3.42. The lowest BCUT2D eigenvalue weighted by atomic mass is 9.92. The highest BCUT2D eigenvalue weighted by Gasteiger charge is 2.24. The Bertz CT molecular complexity index is 342. The van der Waals surface area contributed by atoms with E-state index in [1.807, 2.05) is 6.07 Å². The molecule has 1 unspecified atom stereocenters. The van der Waals surface area contributed by atoms with Crippen molar-refractivity contribution in [3.8, 4) is 0 Å². The van der Waals surface area contributed by atoms with Gasteiger partial charge in [-0.1, -0.05) is 36.6 Å². The van der Waals surface area contributed by atoms with Crippen molar-refractivity contribution in [2.75, 3.05) is 0 Å². The summed E-state index contributed by atoms with van der Waals surface area (Å²) >= 11 is 6.22. The standard InChI is InChI=1S/C13H18ClN/c1-9-6-7-11(12(14)8-9)13(15)10-4-2-3-5-10/h6-8,10,13H,2-5,15H2,1H3. The van der Waals surface area contributed by atoms with Crippen molar-refractivity contribution in [1.29, 1.82) is 0 Å². The molecule has 1 nitrogen and oxygen atoms in total. The average Bonchev–Trinajstić information content (AvgIpc) is 2.69. The molecule has 15 heavy (non-hydrogen) atoms. The maximum absolute atomic E-state index is 6.27. The summed E-state index contributed by atoms with van der Waals surface area (Å²) in [6, 6.07) is 6.31. The summed E-state index contributed by atoms with van der Waals surface area (Å²) < 4.78 is 0. The first-order valence-electron chi connectivity index (χ1n) is 5.70. The third kappa shape index (κ3) is 2.35. The minimum Gasteiger partial charge on any atom is -0.324 e. The van der Waals surface area contributed by atoms with E-state index in [-0.39, 0.29) is 6.04 Å². The molecular formula is C13H18ClN. The number of halogens is 1. The second-order valence-electron chi connectivity index (χ2n) is 4.60. The normalized spacial score (nSPS) is 19.4. The van der Waals surface area contributed by atoms with Crippen molar-refractivity contribution in [2.24, 2.45) is 11.7 Å². The van der Waals surface area contributed by atoms with Gasteiger partial charge in [-0.25, -0.2) is 0 Å². The number of nitrogens with two attached hydrogens (primary N) is 1. The molecule has 0 bridgehead atoms. The summed E-state index contributed by atoms with van der Waals surface area (Å²) in [4.78, 5) is 0. The van der Waals surface area contributed by atoms with Gasteiger partial charge in [0.2, 0.25) is 0 Å². The molecule has 0 aliphatic heterocycles. The van der Waals surface area contributed by atoms with Gasteiger partial charge in [0, 0.05) is 11.1 Å². The number of hydrogen-bond acceptors (Lipinski definition) is 1. The molecule has 82 valence electrons. The zero-order chi connectivity index (χ0) is 10.8. The molecule has 0 radical (unpaired) electrons. The Morgan fingerprint density at radius 2 is 2.00 bits per heavy atom. The second-order valence-corrected chi connectivity index (χ2v) is 5.00. The lowest BCUT2D eigenvalue weighted by molar-refractivity contribution is 0.445. The van der Waals surface area contributed by atoms with E-state index in [4.69, 9.17) is 17.3 Å². The summed E-state index contributed by atoms with van der Waals surface area (Å²) in [6.45, 7) is 2.05. The number of hydrogen-bond donors (Lipinski definition) is 1. The van der Waals surface area contributed by atoms with Gasteiger partial charge in [0.15, 0.2) is 0 Å². The first-order valence-corrected chi connectivity index (χ1v) is 6.08. The van der Waals surface area contributed by atoms with E-state index in [0.29, 0.717) is 5.92 Å². The van der Waals surface area contributed by atoms with Gasteiger partial charge in [-0.05, 0) is 42.9 Å². The van der Waals surface area contributed by atoms with E-state index < -0.39 is 0 Å². The molecule has 1 aliphatic carbocycles. The van der Waals surface area contributed by atoms with E-state index in [0.717, 1.165) is 10.6 Å². The predicted octanol–water partition coefficient (Wildman–Crippen LogP) is 3.84. The highest BCUT2D eigenvalue weighted by atomic mass is 35.5. The summed E-state index contributed by atoms with van der Waals surface area (Å²) in [5, 5.41) is 0.828. The van der Waals surface area contributed by atoms with Gasteiger partial charge in [0.05, 0.1) is 0 Å². The summed E-state index contributed by atoms with van der Waals surface area (Å²) in [5.41, 5.74) is 8.58. The van der Waals surface area contributed by atoms with E-state index >= 15 is 0 Å². The fourth-order valence-corrected chi connectivity index (χ4v) is 2.83. The van der Waals surface area contributed by atoms with Gasteiger partial charge >= 0.3 is 0 Å². The molecule has 1 aromatic carbocycles. The predicted molar refractivity (Wildman–Crippen MR) is 65.1 cm³/mol. The van der Waals surface area contributed by atoms with Crippen LogP contribution in [0.25, 0.3) is 0 Å². The molecule has 2 rings (SSSR count). The molecule has 1 fully saturated rings. The quantitative estimate of drug-likeness (QED) is 0.810. The molecule has 2 N–H and O–H groups in total. The van der Waals surface area contributed by atoms with Crippen LogP contribution in [0.5, 0.6) is 0 Å². The van der Waals surface area contributed by atoms with Crippen LogP contribution in [0.15, 0.2) is 18.2 Å². The van der Waals surface area contributed by atoms with Gasteiger partial charge in [-0.15, -0.1) is 0 Å². The SMILES string of the molecule is Cc1ccc(C(N)C2CCCC2)c(Cl)c1. The maximum Gasteiger partial charge on any atom is 0.0456 e. The Labute approximate surface area is 96.6 Å². The van der Waals surface area contributed by atoms with Crippen LogP contribution in [-0.2, 0) is 0 Å². The van der Waals surface area contributed by atoms with Crippen molar-refractivity contribution in [2.45, 2.75) is 38.6 Å². The van der Waals surface area contributed by atoms with Gasteiger partial charge in [0.25, 0.3) is 0 Å². The van der Waals surface area contributed by atoms with E-state index in [1.54, 1.807) is 0 Å². The third-order valence-corrected chi connectivity index (χ3v) is 3.75. The maximum atomic E-state index is 6.27. The monoisotopic (exact) mass is 223 g/mol. The van der Waals surface area contributed by atoms with Crippen LogP contribution < -0.4 is 5.73 Å². The molecule has 1 aliphatic rings. The van der Waals surface area contributed by atoms with Gasteiger partial charge < -0.3 is 5.73 Å². The fourth-order valence-electron chi connectivity index (χ4n) is 2.47. The van der Waals surface area contributed by atoms with Crippen LogP contribution in [0.4, 0.5) is 0 Å². The molecule has 1 saturated carbocycles. The first kappa shape index (κ1) is 11.0.